The number of aromatic nitrogens is 3. The lowest BCUT2D eigenvalue weighted by molar-refractivity contribution is 0.102. The van der Waals surface area contributed by atoms with E-state index in [1.54, 1.807) is 24.3 Å². The highest BCUT2D eigenvalue weighted by atomic mass is 35.5. The fourth-order valence-corrected chi connectivity index (χ4v) is 3.12. The zero-order valence-corrected chi connectivity index (χ0v) is 16.0. The van der Waals surface area contributed by atoms with Crippen LogP contribution in [-0.2, 0) is 0 Å². The second-order valence-electron chi connectivity index (χ2n) is 5.85. The largest absolute Gasteiger partial charge is 0.490 e. The molecule has 0 fully saturated rings. The topological polar surface area (TPSA) is 67.9 Å². The van der Waals surface area contributed by atoms with Crippen molar-refractivity contribution in [2.24, 2.45) is 0 Å². The van der Waals surface area contributed by atoms with Gasteiger partial charge in [-0.15, -0.1) is 5.10 Å². The third-order valence-corrected chi connectivity index (χ3v) is 4.57. The highest BCUT2D eigenvalue weighted by Gasteiger charge is 2.14. The molecule has 0 aliphatic heterocycles. The monoisotopic (exact) mass is 387 g/mol. The molecule has 1 heterocycles. The standard InChI is InChI=1S/C19H18ClN3O2S/c1-12(2)25-17-6-4-3-5-15(17)18-21-19(23-22-18)26-11-16(24)13-7-9-14(20)10-8-13/h3-10,12H,11H2,1-2H3,(H,21,22,23). The molecule has 0 aliphatic carbocycles. The third-order valence-electron chi connectivity index (χ3n) is 3.47. The molecule has 0 unspecified atom stereocenters. The number of aromatic amines is 1. The molecule has 0 spiro atoms. The van der Waals surface area contributed by atoms with Gasteiger partial charge in [-0.05, 0) is 50.2 Å². The molecule has 3 aromatic rings. The molecule has 0 radical (unpaired) electrons. The van der Waals surface area contributed by atoms with Crippen LogP contribution in [0.4, 0.5) is 0 Å². The number of carbonyl (C=O) groups is 1. The minimum absolute atomic E-state index is 0.00144. The normalized spacial score (nSPS) is 10.9. The molecule has 0 atom stereocenters. The highest BCUT2D eigenvalue weighted by molar-refractivity contribution is 7.99. The molecule has 2 aromatic carbocycles. The van der Waals surface area contributed by atoms with Gasteiger partial charge in [0.25, 0.3) is 0 Å². The Kier molecular flexibility index (Phi) is 5.96. The number of rotatable bonds is 7. The molecular formula is C19H18ClN3O2S. The Hall–Kier alpha value is -2.31. The van der Waals surface area contributed by atoms with E-state index in [0.29, 0.717) is 21.6 Å². The second-order valence-corrected chi connectivity index (χ2v) is 7.23. The van der Waals surface area contributed by atoms with Crippen LogP contribution in [0.5, 0.6) is 5.75 Å². The van der Waals surface area contributed by atoms with Crippen molar-refractivity contribution in [3.63, 3.8) is 0 Å². The summed E-state index contributed by atoms with van der Waals surface area (Å²) in [5.41, 5.74) is 1.46. The smallest absolute Gasteiger partial charge is 0.209 e. The zero-order chi connectivity index (χ0) is 18.5. The van der Waals surface area contributed by atoms with Crippen molar-refractivity contribution < 1.29 is 9.53 Å². The van der Waals surface area contributed by atoms with Gasteiger partial charge in [0, 0.05) is 10.6 Å². The lowest BCUT2D eigenvalue weighted by Gasteiger charge is -2.12. The van der Waals surface area contributed by atoms with Gasteiger partial charge < -0.3 is 4.74 Å². The van der Waals surface area contributed by atoms with E-state index in [-0.39, 0.29) is 17.6 Å². The van der Waals surface area contributed by atoms with E-state index in [2.05, 4.69) is 15.2 Å². The Morgan fingerprint density at radius 2 is 1.92 bits per heavy atom. The molecule has 7 heteroatoms. The van der Waals surface area contributed by atoms with E-state index in [4.69, 9.17) is 16.3 Å². The summed E-state index contributed by atoms with van der Waals surface area (Å²) in [6, 6.07) is 14.5. The van der Waals surface area contributed by atoms with E-state index in [0.717, 1.165) is 11.3 Å². The van der Waals surface area contributed by atoms with Gasteiger partial charge in [0.1, 0.15) is 5.75 Å². The van der Waals surface area contributed by atoms with E-state index in [1.807, 2.05) is 38.1 Å². The van der Waals surface area contributed by atoms with Crippen molar-refractivity contribution in [1.29, 1.82) is 0 Å². The van der Waals surface area contributed by atoms with Crippen LogP contribution < -0.4 is 4.74 Å². The molecule has 0 saturated heterocycles. The number of nitrogens with one attached hydrogen (secondary N) is 1. The number of ketones is 1. The van der Waals surface area contributed by atoms with Gasteiger partial charge in [0.2, 0.25) is 5.16 Å². The number of halogens is 1. The van der Waals surface area contributed by atoms with Gasteiger partial charge in [-0.25, -0.2) is 4.98 Å². The quantitative estimate of drug-likeness (QED) is 0.462. The van der Waals surface area contributed by atoms with Crippen molar-refractivity contribution >= 4 is 29.1 Å². The van der Waals surface area contributed by atoms with Crippen molar-refractivity contribution in [3.8, 4) is 17.1 Å². The van der Waals surface area contributed by atoms with Gasteiger partial charge in [0.15, 0.2) is 11.6 Å². The van der Waals surface area contributed by atoms with Crippen molar-refractivity contribution in [3.05, 3.63) is 59.1 Å². The summed E-state index contributed by atoms with van der Waals surface area (Å²) in [6.45, 7) is 3.95. The van der Waals surface area contributed by atoms with Crippen LogP contribution in [0.25, 0.3) is 11.4 Å². The van der Waals surface area contributed by atoms with Crippen LogP contribution in [0.2, 0.25) is 5.02 Å². The van der Waals surface area contributed by atoms with Gasteiger partial charge in [0.05, 0.1) is 17.4 Å². The fraction of sp³-hybridized carbons (Fsp3) is 0.211. The van der Waals surface area contributed by atoms with Crippen LogP contribution in [0.15, 0.2) is 53.7 Å². The van der Waals surface area contributed by atoms with Crippen molar-refractivity contribution in [2.75, 3.05) is 5.75 Å². The van der Waals surface area contributed by atoms with Crippen LogP contribution in [0.3, 0.4) is 0 Å². The summed E-state index contributed by atoms with van der Waals surface area (Å²) in [6.07, 6.45) is 0.0601. The SMILES string of the molecule is CC(C)Oc1ccccc1-c1nc(SCC(=O)c2ccc(Cl)cc2)n[nH]1. The molecule has 0 saturated carbocycles. The summed E-state index contributed by atoms with van der Waals surface area (Å²) in [5, 5.41) is 8.23. The number of hydrogen-bond acceptors (Lipinski definition) is 5. The van der Waals surface area contributed by atoms with E-state index in [9.17, 15) is 4.79 Å². The predicted octanol–water partition coefficient (Wildman–Crippen LogP) is 4.89. The maximum Gasteiger partial charge on any atom is 0.209 e. The molecule has 1 aromatic heterocycles. The molecule has 5 nitrogen and oxygen atoms in total. The summed E-state index contributed by atoms with van der Waals surface area (Å²) in [4.78, 5) is 16.7. The zero-order valence-electron chi connectivity index (χ0n) is 14.4. The summed E-state index contributed by atoms with van der Waals surface area (Å²) in [5.74, 6) is 1.61. The van der Waals surface area contributed by atoms with Crippen LogP contribution in [-0.4, -0.2) is 32.8 Å². The van der Waals surface area contributed by atoms with Crippen LogP contribution in [0.1, 0.15) is 24.2 Å². The van der Waals surface area contributed by atoms with Gasteiger partial charge in [-0.3, -0.25) is 9.89 Å². The number of Topliss-reactive ketones (excluding diaryl/α,β-unsaturated/α-hetero) is 1. The Morgan fingerprint density at radius 3 is 2.65 bits per heavy atom. The first kappa shape index (κ1) is 18.5. The number of H-pyrrole nitrogens is 1. The van der Waals surface area contributed by atoms with Gasteiger partial charge in [-0.2, -0.15) is 0 Å². The summed E-state index contributed by atoms with van der Waals surface area (Å²) < 4.78 is 5.82. The van der Waals surface area contributed by atoms with E-state index < -0.39 is 0 Å². The first-order valence-corrected chi connectivity index (χ1v) is 9.49. The molecule has 26 heavy (non-hydrogen) atoms. The van der Waals surface area contributed by atoms with Crippen LogP contribution >= 0.6 is 23.4 Å². The number of carbonyl (C=O) groups excluding carboxylic acids is 1. The molecule has 1 N–H and O–H groups in total. The Labute approximate surface area is 161 Å². The molecular weight excluding hydrogens is 370 g/mol. The fourth-order valence-electron chi connectivity index (χ4n) is 2.30. The molecule has 134 valence electrons. The lowest BCUT2D eigenvalue weighted by Crippen LogP contribution is -2.06. The number of thioether (sulfide) groups is 1. The Morgan fingerprint density at radius 1 is 1.19 bits per heavy atom. The number of para-hydroxylation sites is 1. The maximum absolute atomic E-state index is 12.2. The second kappa shape index (κ2) is 8.38. The number of ether oxygens (including phenoxy) is 1. The first-order valence-electron chi connectivity index (χ1n) is 8.13. The average molecular weight is 388 g/mol. The lowest BCUT2D eigenvalue weighted by atomic mass is 10.1. The minimum Gasteiger partial charge on any atom is -0.490 e. The predicted molar refractivity (Wildman–Crippen MR) is 104 cm³/mol. The van der Waals surface area contributed by atoms with Crippen LogP contribution in [0, 0.1) is 0 Å². The number of benzene rings is 2. The Balaban J connectivity index is 1.69. The summed E-state index contributed by atoms with van der Waals surface area (Å²) >= 11 is 7.13. The number of nitrogens with zero attached hydrogens (tertiary/aromatic N) is 2. The third kappa shape index (κ3) is 4.65. The maximum atomic E-state index is 12.2. The van der Waals surface area contributed by atoms with Gasteiger partial charge >= 0.3 is 0 Å². The molecule has 0 amide bonds. The minimum atomic E-state index is 0.00144. The number of hydrogen-bond donors (Lipinski definition) is 1. The molecule has 0 bridgehead atoms. The van der Waals surface area contributed by atoms with Gasteiger partial charge in [-0.1, -0.05) is 35.5 Å². The average Bonchev–Trinajstić information content (AvgIpc) is 3.09. The van der Waals surface area contributed by atoms with E-state index >= 15 is 0 Å². The molecule has 0 aliphatic rings. The molecule has 3 rings (SSSR count). The summed E-state index contributed by atoms with van der Waals surface area (Å²) in [7, 11) is 0. The highest BCUT2D eigenvalue weighted by Crippen LogP contribution is 2.29. The van der Waals surface area contributed by atoms with Crippen molar-refractivity contribution in [2.45, 2.75) is 25.1 Å². The first-order chi connectivity index (χ1) is 12.5. The van der Waals surface area contributed by atoms with Crippen molar-refractivity contribution in [1.82, 2.24) is 15.2 Å². The Bertz CT molecular complexity index is 894. The van der Waals surface area contributed by atoms with E-state index in [1.165, 1.54) is 11.8 Å².